The molecule has 2 rings (SSSR count). The molecule has 0 saturated heterocycles. The van der Waals surface area contributed by atoms with Gasteiger partial charge in [0.05, 0.1) is 17.2 Å². The van der Waals surface area contributed by atoms with Gasteiger partial charge >= 0.3 is 12.2 Å². The van der Waals surface area contributed by atoms with Gasteiger partial charge in [-0.1, -0.05) is 18.2 Å². The third-order valence-electron chi connectivity index (χ3n) is 3.11. The fourth-order valence-electron chi connectivity index (χ4n) is 1.95. The smallest absolute Gasteiger partial charge is 0.337 e. The highest BCUT2D eigenvalue weighted by atomic mass is 32.2. The van der Waals surface area contributed by atoms with E-state index in [1.807, 2.05) is 0 Å². The van der Waals surface area contributed by atoms with Crippen LogP contribution in [-0.2, 0) is 10.0 Å². The van der Waals surface area contributed by atoms with Gasteiger partial charge in [-0.15, -0.1) is 11.8 Å². The number of hydrogen-bond donors (Lipinski definition) is 3. The zero-order valence-corrected chi connectivity index (χ0v) is 16.0. The van der Waals surface area contributed by atoms with Crippen LogP contribution >= 0.6 is 11.8 Å². The molecule has 3 N–H and O–H groups in total. The molecule has 0 spiro atoms. The first kappa shape index (κ1) is 21.8. The molecule has 12 heteroatoms. The summed E-state index contributed by atoms with van der Waals surface area (Å²) in [6.45, 7) is -0.203. The summed E-state index contributed by atoms with van der Waals surface area (Å²) in [7, 11) is -3.72. The topological polar surface area (TPSA) is 100 Å². The number of aromatic nitrogens is 1. The van der Waals surface area contributed by atoms with Gasteiger partial charge < -0.3 is 10.6 Å². The maximum atomic E-state index is 12.4. The third-order valence-corrected chi connectivity index (χ3v) is 5.51. The van der Waals surface area contributed by atoms with Crippen LogP contribution in [0, 0.1) is 0 Å². The monoisotopic (exact) mass is 434 g/mol. The Hall–Kier alpha value is -2.47. The minimum Gasteiger partial charge on any atom is -0.337 e. The molecule has 152 valence electrons. The van der Waals surface area contributed by atoms with Crippen LogP contribution in [0.4, 0.5) is 29.5 Å². The number of sulfonamides is 1. The van der Waals surface area contributed by atoms with Crippen LogP contribution in [-0.4, -0.2) is 43.7 Å². The highest BCUT2D eigenvalue weighted by Gasteiger charge is 2.27. The standard InChI is InChI=1S/C16H17F3N4O3S2/c17-16(18,19)11-27-13-6-2-1-5-12(13)22-15(24)21-9-10-28(25,26)23-14-7-3-4-8-20-14/h1-8H,9-11H2,(H,20,23)(H2,21,22,24). The molecule has 1 heterocycles. The number of carbonyl (C=O) groups is 1. The summed E-state index contributed by atoms with van der Waals surface area (Å²) in [6.07, 6.45) is -2.91. The Labute approximate surface area is 164 Å². The zero-order chi connectivity index (χ0) is 20.6. The van der Waals surface area contributed by atoms with E-state index in [1.165, 1.54) is 24.4 Å². The van der Waals surface area contributed by atoms with Crippen molar-refractivity contribution in [1.29, 1.82) is 0 Å². The second-order valence-electron chi connectivity index (χ2n) is 5.42. The van der Waals surface area contributed by atoms with E-state index in [2.05, 4.69) is 20.3 Å². The number of thioether (sulfide) groups is 1. The highest BCUT2D eigenvalue weighted by Crippen LogP contribution is 2.31. The molecule has 2 aromatic rings. The van der Waals surface area contributed by atoms with Gasteiger partial charge in [0.1, 0.15) is 5.82 Å². The predicted octanol–water partition coefficient (Wildman–Crippen LogP) is 3.30. The predicted molar refractivity (Wildman–Crippen MR) is 102 cm³/mol. The summed E-state index contributed by atoms with van der Waals surface area (Å²) < 4.78 is 63.3. The number of carbonyl (C=O) groups excluding carboxylic acids is 1. The van der Waals surface area contributed by atoms with Crippen LogP contribution in [0.5, 0.6) is 0 Å². The van der Waals surface area contributed by atoms with Gasteiger partial charge in [0.25, 0.3) is 0 Å². The lowest BCUT2D eigenvalue weighted by Gasteiger charge is -2.13. The Balaban J connectivity index is 1.84. The fraction of sp³-hybridized carbons (Fsp3) is 0.250. The van der Waals surface area contributed by atoms with Crippen molar-refractivity contribution in [1.82, 2.24) is 10.3 Å². The van der Waals surface area contributed by atoms with E-state index in [1.54, 1.807) is 24.3 Å². The van der Waals surface area contributed by atoms with E-state index in [0.29, 0.717) is 11.8 Å². The van der Waals surface area contributed by atoms with Crippen molar-refractivity contribution >= 4 is 39.3 Å². The summed E-state index contributed by atoms with van der Waals surface area (Å²) in [5.41, 5.74) is 0.198. The quantitative estimate of drug-likeness (QED) is 0.554. The summed E-state index contributed by atoms with van der Waals surface area (Å²) in [4.78, 5) is 16.0. The van der Waals surface area contributed by atoms with Crippen LogP contribution < -0.4 is 15.4 Å². The third kappa shape index (κ3) is 8.05. The van der Waals surface area contributed by atoms with Gasteiger partial charge in [-0.2, -0.15) is 13.2 Å². The van der Waals surface area contributed by atoms with Crippen molar-refractivity contribution in [3.05, 3.63) is 48.7 Å². The van der Waals surface area contributed by atoms with Crippen LogP contribution in [0.15, 0.2) is 53.6 Å². The summed E-state index contributed by atoms with van der Waals surface area (Å²) >= 11 is 0.545. The molecule has 0 aliphatic carbocycles. The van der Waals surface area contributed by atoms with Crippen molar-refractivity contribution in [2.75, 3.05) is 28.1 Å². The number of benzene rings is 1. The Morgan fingerprint density at radius 1 is 1.11 bits per heavy atom. The molecular weight excluding hydrogens is 417 g/mol. The molecule has 0 bridgehead atoms. The molecule has 1 aromatic heterocycles. The van der Waals surface area contributed by atoms with Crippen molar-refractivity contribution in [2.45, 2.75) is 11.1 Å². The van der Waals surface area contributed by atoms with Gasteiger partial charge in [0.2, 0.25) is 10.0 Å². The first-order chi connectivity index (χ1) is 13.1. The Morgan fingerprint density at radius 2 is 1.82 bits per heavy atom. The molecule has 0 atom stereocenters. The number of nitrogens with one attached hydrogen (secondary N) is 3. The van der Waals surface area contributed by atoms with Gasteiger partial charge in [-0.05, 0) is 24.3 Å². The number of halogens is 3. The molecule has 0 unspecified atom stereocenters. The Bertz CT molecular complexity index is 894. The van der Waals surface area contributed by atoms with Gasteiger partial charge in [-0.3, -0.25) is 4.72 Å². The molecule has 2 amide bonds. The zero-order valence-electron chi connectivity index (χ0n) is 14.4. The van der Waals surface area contributed by atoms with E-state index in [9.17, 15) is 26.4 Å². The normalized spacial score (nSPS) is 11.7. The Morgan fingerprint density at radius 3 is 2.50 bits per heavy atom. The van der Waals surface area contributed by atoms with Crippen LogP contribution in [0.2, 0.25) is 0 Å². The highest BCUT2D eigenvalue weighted by molar-refractivity contribution is 7.99. The molecule has 1 aromatic carbocycles. The molecular formula is C16H17F3N4O3S2. The second kappa shape index (κ2) is 9.64. The van der Waals surface area contributed by atoms with Gasteiger partial charge in [-0.25, -0.2) is 18.2 Å². The SMILES string of the molecule is O=C(NCCS(=O)(=O)Nc1ccccn1)Nc1ccccc1SCC(F)(F)F. The lowest BCUT2D eigenvalue weighted by Crippen LogP contribution is -2.34. The number of hydrogen-bond acceptors (Lipinski definition) is 5. The van der Waals surface area contributed by atoms with E-state index < -0.39 is 33.7 Å². The van der Waals surface area contributed by atoms with Crippen molar-refractivity contribution < 1.29 is 26.4 Å². The lowest BCUT2D eigenvalue weighted by atomic mass is 10.3. The first-order valence-corrected chi connectivity index (χ1v) is 10.5. The molecule has 7 nitrogen and oxygen atoms in total. The minimum absolute atomic E-state index is 0.155. The number of pyridine rings is 1. The average molecular weight is 434 g/mol. The number of nitrogens with zero attached hydrogens (tertiary/aromatic N) is 1. The van der Waals surface area contributed by atoms with Gasteiger partial charge in [0.15, 0.2) is 0 Å². The number of urea groups is 1. The van der Waals surface area contributed by atoms with Gasteiger partial charge in [0, 0.05) is 17.6 Å². The first-order valence-electron chi connectivity index (χ1n) is 7.89. The number of amides is 2. The summed E-state index contributed by atoms with van der Waals surface area (Å²) in [5, 5.41) is 4.77. The lowest BCUT2D eigenvalue weighted by molar-refractivity contribution is -0.105. The van der Waals surface area contributed by atoms with E-state index in [-0.39, 0.29) is 22.9 Å². The molecule has 28 heavy (non-hydrogen) atoms. The van der Waals surface area contributed by atoms with E-state index in [0.717, 1.165) is 0 Å². The van der Waals surface area contributed by atoms with Crippen LogP contribution in [0.1, 0.15) is 0 Å². The number of rotatable bonds is 8. The average Bonchev–Trinajstić information content (AvgIpc) is 2.60. The minimum atomic E-state index is -4.34. The van der Waals surface area contributed by atoms with E-state index in [4.69, 9.17) is 0 Å². The maximum Gasteiger partial charge on any atom is 0.398 e. The molecule has 0 aliphatic heterocycles. The number of anilines is 2. The maximum absolute atomic E-state index is 12.4. The van der Waals surface area contributed by atoms with Crippen molar-refractivity contribution in [3.8, 4) is 0 Å². The summed E-state index contributed by atoms with van der Waals surface area (Å²) in [5.74, 6) is -1.34. The fourth-order valence-corrected chi connectivity index (χ4v) is 3.64. The molecule has 0 fully saturated rings. The van der Waals surface area contributed by atoms with Crippen molar-refractivity contribution in [2.24, 2.45) is 0 Å². The molecule has 0 saturated carbocycles. The largest absolute Gasteiger partial charge is 0.398 e. The van der Waals surface area contributed by atoms with Crippen LogP contribution in [0.3, 0.4) is 0 Å². The molecule has 0 aliphatic rings. The number of alkyl halides is 3. The van der Waals surface area contributed by atoms with E-state index >= 15 is 0 Å². The second-order valence-corrected chi connectivity index (χ2v) is 8.28. The Kier molecular flexibility index (Phi) is 7.52. The van der Waals surface area contributed by atoms with Crippen LogP contribution in [0.25, 0.3) is 0 Å². The van der Waals surface area contributed by atoms with Crippen molar-refractivity contribution in [3.63, 3.8) is 0 Å². The molecule has 0 radical (unpaired) electrons. The summed E-state index contributed by atoms with van der Waals surface area (Å²) in [6, 6.07) is 10.0. The number of para-hydroxylation sites is 1.